The van der Waals surface area contributed by atoms with Gasteiger partial charge in [-0.05, 0) is 34.1 Å². The Hall–Kier alpha value is -2.85. The van der Waals surface area contributed by atoms with E-state index in [2.05, 4.69) is 10.3 Å². The molecule has 0 bridgehead atoms. The summed E-state index contributed by atoms with van der Waals surface area (Å²) < 4.78 is 4.99. The van der Waals surface area contributed by atoms with Crippen molar-refractivity contribution in [1.29, 1.82) is 0 Å². The number of nitrogen functional groups attached to an aromatic ring is 1. The van der Waals surface area contributed by atoms with Gasteiger partial charge >= 0.3 is 0 Å². The lowest BCUT2D eigenvalue weighted by atomic mass is 9.97. The van der Waals surface area contributed by atoms with Crippen LogP contribution in [-0.2, 0) is 0 Å². The third-order valence-corrected chi connectivity index (χ3v) is 4.04. The summed E-state index contributed by atoms with van der Waals surface area (Å²) in [5.74, 6) is 0. The lowest BCUT2D eigenvalue weighted by Crippen LogP contribution is -1.91. The van der Waals surface area contributed by atoms with E-state index in [-0.39, 0.29) is 0 Å². The maximum absolute atomic E-state index is 6.10. The highest BCUT2D eigenvalue weighted by Crippen LogP contribution is 2.36. The van der Waals surface area contributed by atoms with Crippen LogP contribution in [0.1, 0.15) is 0 Å². The van der Waals surface area contributed by atoms with Crippen LogP contribution in [0.25, 0.3) is 33.3 Å². The predicted molar refractivity (Wildman–Crippen MR) is 92.1 cm³/mol. The van der Waals surface area contributed by atoms with Gasteiger partial charge in [0.1, 0.15) is 11.0 Å². The van der Waals surface area contributed by atoms with Crippen LogP contribution in [0.15, 0.2) is 65.3 Å². The number of fused-ring (bicyclic) bond motifs is 1. The van der Waals surface area contributed by atoms with Crippen LogP contribution in [0.5, 0.6) is 0 Å². The minimum absolute atomic E-state index is 0.617. The molecule has 4 nitrogen and oxygen atoms in total. The molecule has 1 heterocycles. The van der Waals surface area contributed by atoms with Gasteiger partial charge in [-0.25, -0.2) is 4.63 Å². The molecule has 23 heavy (non-hydrogen) atoms. The molecule has 112 valence electrons. The number of benzene rings is 3. The Labute approximate surface area is 137 Å². The fourth-order valence-corrected chi connectivity index (χ4v) is 2.87. The molecule has 0 amide bonds. The molecular formula is C18H12ClN3O. The number of nitrogens with two attached hydrogens (primary N) is 1. The standard InChI is InChI=1S/C18H12ClN3O/c19-12-6-9-16(20)15(10-12)14-8-7-13(11-4-2-1-3-5-11)17-18(14)22-23-21-17/h1-10H,20H2. The van der Waals surface area contributed by atoms with Crippen molar-refractivity contribution >= 4 is 28.3 Å². The first-order valence-corrected chi connectivity index (χ1v) is 7.48. The fraction of sp³-hybridized carbons (Fsp3) is 0. The summed E-state index contributed by atoms with van der Waals surface area (Å²) in [6.45, 7) is 0. The lowest BCUT2D eigenvalue weighted by Gasteiger charge is -2.08. The van der Waals surface area contributed by atoms with Gasteiger partial charge in [0.25, 0.3) is 0 Å². The molecule has 2 N–H and O–H groups in total. The average molecular weight is 322 g/mol. The zero-order chi connectivity index (χ0) is 15.8. The number of nitrogens with zero attached hydrogens (tertiary/aromatic N) is 2. The second-order valence-corrected chi connectivity index (χ2v) is 5.66. The van der Waals surface area contributed by atoms with Gasteiger partial charge in [-0.1, -0.05) is 54.1 Å². The van der Waals surface area contributed by atoms with Gasteiger partial charge in [0, 0.05) is 27.4 Å². The van der Waals surface area contributed by atoms with E-state index >= 15 is 0 Å². The number of aromatic nitrogens is 2. The molecule has 1 aromatic heterocycles. The van der Waals surface area contributed by atoms with Crippen LogP contribution >= 0.6 is 11.6 Å². The fourth-order valence-electron chi connectivity index (χ4n) is 2.70. The zero-order valence-electron chi connectivity index (χ0n) is 12.0. The van der Waals surface area contributed by atoms with E-state index in [0.717, 1.165) is 22.3 Å². The van der Waals surface area contributed by atoms with E-state index in [9.17, 15) is 0 Å². The lowest BCUT2D eigenvalue weighted by molar-refractivity contribution is 0.315. The molecule has 0 radical (unpaired) electrons. The Bertz CT molecular complexity index is 996. The Morgan fingerprint density at radius 2 is 1.48 bits per heavy atom. The summed E-state index contributed by atoms with van der Waals surface area (Å²) in [7, 11) is 0. The van der Waals surface area contributed by atoms with Crippen LogP contribution in [0.2, 0.25) is 5.02 Å². The van der Waals surface area contributed by atoms with Gasteiger partial charge in [0.05, 0.1) is 0 Å². The Morgan fingerprint density at radius 3 is 2.26 bits per heavy atom. The minimum Gasteiger partial charge on any atom is -0.398 e. The van der Waals surface area contributed by atoms with Crippen molar-refractivity contribution in [2.45, 2.75) is 0 Å². The quantitative estimate of drug-likeness (QED) is 0.539. The highest BCUT2D eigenvalue weighted by atomic mass is 35.5. The van der Waals surface area contributed by atoms with Crippen molar-refractivity contribution in [2.75, 3.05) is 5.73 Å². The SMILES string of the molecule is Nc1ccc(Cl)cc1-c1ccc(-c2ccccc2)c2nonc12. The predicted octanol–water partition coefficient (Wildman–Crippen LogP) is 4.79. The number of rotatable bonds is 2. The smallest absolute Gasteiger partial charge is 0.143 e. The monoisotopic (exact) mass is 321 g/mol. The first kappa shape index (κ1) is 13.8. The third-order valence-electron chi connectivity index (χ3n) is 3.81. The summed E-state index contributed by atoms with van der Waals surface area (Å²) in [6, 6.07) is 19.3. The maximum Gasteiger partial charge on any atom is 0.143 e. The molecule has 0 spiro atoms. The number of anilines is 1. The highest BCUT2D eigenvalue weighted by Gasteiger charge is 2.16. The molecule has 0 atom stereocenters. The highest BCUT2D eigenvalue weighted by molar-refractivity contribution is 6.31. The van der Waals surface area contributed by atoms with Gasteiger partial charge in [-0.15, -0.1) is 0 Å². The Balaban J connectivity index is 1.98. The summed E-state index contributed by atoms with van der Waals surface area (Å²) in [4.78, 5) is 0. The second kappa shape index (κ2) is 5.41. The molecule has 3 aromatic carbocycles. The molecule has 5 heteroatoms. The van der Waals surface area contributed by atoms with Crippen LogP contribution < -0.4 is 5.73 Å². The van der Waals surface area contributed by atoms with E-state index in [4.69, 9.17) is 22.0 Å². The van der Waals surface area contributed by atoms with Crippen molar-refractivity contribution in [3.05, 3.63) is 65.7 Å². The van der Waals surface area contributed by atoms with Gasteiger partial charge in [0.15, 0.2) is 0 Å². The summed E-state index contributed by atoms with van der Waals surface area (Å²) in [5, 5.41) is 8.76. The van der Waals surface area contributed by atoms with Crippen LogP contribution in [0.4, 0.5) is 5.69 Å². The van der Waals surface area contributed by atoms with Gasteiger partial charge in [-0.2, -0.15) is 0 Å². The van der Waals surface area contributed by atoms with Crippen molar-refractivity contribution in [3.8, 4) is 22.3 Å². The van der Waals surface area contributed by atoms with E-state index in [1.165, 1.54) is 0 Å². The number of hydrogen-bond acceptors (Lipinski definition) is 4. The first-order valence-electron chi connectivity index (χ1n) is 7.10. The topological polar surface area (TPSA) is 64.9 Å². The summed E-state index contributed by atoms with van der Waals surface area (Å²) >= 11 is 6.10. The van der Waals surface area contributed by atoms with Crippen molar-refractivity contribution in [1.82, 2.24) is 10.3 Å². The van der Waals surface area contributed by atoms with Gasteiger partial charge in [-0.3, -0.25) is 0 Å². The Kier molecular flexibility index (Phi) is 3.24. The Morgan fingerprint density at radius 1 is 0.783 bits per heavy atom. The van der Waals surface area contributed by atoms with E-state index in [0.29, 0.717) is 21.7 Å². The average Bonchev–Trinajstić information content (AvgIpc) is 3.07. The molecule has 0 aliphatic carbocycles. The molecular weight excluding hydrogens is 310 g/mol. The van der Waals surface area contributed by atoms with Crippen molar-refractivity contribution in [2.24, 2.45) is 0 Å². The largest absolute Gasteiger partial charge is 0.398 e. The first-order chi connectivity index (χ1) is 11.2. The van der Waals surface area contributed by atoms with E-state index in [1.807, 2.05) is 48.5 Å². The third kappa shape index (κ3) is 2.33. The number of halogens is 1. The summed E-state index contributed by atoms with van der Waals surface area (Å²) in [6.07, 6.45) is 0. The molecule has 0 aliphatic heterocycles. The molecule has 4 rings (SSSR count). The van der Waals surface area contributed by atoms with Crippen LogP contribution in [-0.4, -0.2) is 10.3 Å². The zero-order valence-corrected chi connectivity index (χ0v) is 12.8. The van der Waals surface area contributed by atoms with Crippen molar-refractivity contribution < 1.29 is 4.63 Å². The van der Waals surface area contributed by atoms with Crippen molar-refractivity contribution in [3.63, 3.8) is 0 Å². The molecule has 0 fully saturated rings. The van der Waals surface area contributed by atoms with Crippen LogP contribution in [0.3, 0.4) is 0 Å². The molecule has 0 saturated carbocycles. The molecule has 0 unspecified atom stereocenters. The second-order valence-electron chi connectivity index (χ2n) is 5.22. The normalized spacial score (nSPS) is 11.0. The maximum atomic E-state index is 6.10. The number of hydrogen-bond donors (Lipinski definition) is 1. The molecule has 4 aromatic rings. The molecule has 0 saturated heterocycles. The minimum atomic E-state index is 0.617. The van der Waals surface area contributed by atoms with E-state index in [1.54, 1.807) is 12.1 Å². The van der Waals surface area contributed by atoms with Gasteiger partial charge < -0.3 is 5.73 Å². The molecule has 0 aliphatic rings. The van der Waals surface area contributed by atoms with Gasteiger partial charge in [0.2, 0.25) is 0 Å². The van der Waals surface area contributed by atoms with Crippen LogP contribution in [0, 0.1) is 0 Å². The van der Waals surface area contributed by atoms with E-state index < -0.39 is 0 Å². The summed E-state index contributed by atoms with van der Waals surface area (Å²) in [5.41, 5.74) is 11.8.